The highest BCUT2D eigenvalue weighted by molar-refractivity contribution is 5.85. The van der Waals surface area contributed by atoms with Crippen LogP contribution in [0.2, 0.25) is 0 Å². The van der Waals surface area contributed by atoms with Crippen LogP contribution in [0.5, 0.6) is 11.5 Å². The third-order valence-corrected chi connectivity index (χ3v) is 14.7. The summed E-state index contributed by atoms with van der Waals surface area (Å²) < 4.78 is 119. The van der Waals surface area contributed by atoms with Crippen molar-refractivity contribution in [1.82, 2.24) is 19.8 Å². The Balaban J connectivity index is 0.000000216. The molecule has 0 radical (unpaired) electrons. The number of aliphatic hydroxyl groups excluding tert-OH is 2. The number of aromatic nitrogens is 2. The summed E-state index contributed by atoms with van der Waals surface area (Å²) in [6, 6.07) is 14.2. The van der Waals surface area contributed by atoms with E-state index in [1.165, 1.54) is 0 Å². The molecule has 0 aliphatic carbocycles. The summed E-state index contributed by atoms with van der Waals surface area (Å²) >= 11 is 0. The molecule has 0 unspecified atom stereocenters. The van der Waals surface area contributed by atoms with Crippen molar-refractivity contribution in [2.45, 2.75) is 77.6 Å². The summed E-state index contributed by atoms with van der Waals surface area (Å²) in [7, 11) is 3.19. The van der Waals surface area contributed by atoms with Crippen molar-refractivity contribution in [2.24, 2.45) is 10.8 Å². The van der Waals surface area contributed by atoms with Crippen LogP contribution in [0.1, 0.15) is 84.7 Å². The number of pyridine rings is 2. The van der Waals surface area contributed by atoms with Gasteiger partial charge in [0.1, 0.15) is 42.3 Å². The number of aryl methyl sites for hydroxylation is 2. The Hall–Kier alpha value is -6.30. The predicted molar refractivity (Wildman–Crippen MR) is 269 cm³/mol. The molecule has 8 nitrogen and oxygen atoms in total. The average molecular weight is 1030 g/mol. The molecule has 0 atom stereocenters. The quantitative estimate of drug-likeness (QED) is 0.0563. The summed E-state index contributed by atoms with van der Waals surface area (Å²) in [6.45, 7) is 2.51. The third-order valence-electron chi connectivity index (χ3n) is 14.7. The number of piperidine rings is 2. The standard InChI is InChI=1S/2C29H30F4N2O2/c1-37-22-6-7-27-24(16-22)23(21(17-30)18-34-27)5-2-8-29(19-36)9-12-35(13-10-29)11-3-4-20-14-25(31)28(33)26(32)15-20;1-37-22-6-7-28-25(16-22)23(20(17-30)18-34-28)4-2-8-29(19-36)9-12-35(13-10-29)11-3-5-24-26(32)14-21(31)15-27(24)33/h6-7,14-16,18,36H,2,5,8-13,17,19H2,1H3;6-7,14-16,18,36H,2,4,8-13,17,19H2,1H3. The molecule has 0 spiro atoms. The second-order valence-electron chi connectivity index (χ2n) is 19.2. The first kappa shape index (κ1) is 55.5. The lowest BCUT2D eigenvalue weighted by Crippen LogP contribution is -2.42. The molecule has 2 N–H and O–H groups in total. The molecule has 0 amide bonds. The Morgan fingerprint density at radius 2 is 1.01 bits per heavy atom. The zero-order chi connectivity index (χ0) is 52.8. The molecule has 4 aromatic carbocycles. The molecule has 0 saturated carbocycles. The molecule has 0 bridgehead atoms. The van der Waals surface area contributed by atoms with Crippen molar-refractivity contribution in [3.63, 3.8) is 0 Å². The average Bonchev–Trinajstić information content (AvgIpc) is 3.41. The van der Waals surface area contributed by atoms with Gasteiger partial charge in [0.25, 0.3) is 0 Å². The molecular weight excluding hydrogens is 969 g/mol. The third kappa shape index (κ3) is 13.7. The minimum absolute atomic E-state index is 0.0550. The number of halogens is 8. The van der Waals surface area contributed by atoms with Crippen molar-refractivity contribution in [3.05, 3.63) is 141 Å². The Morgan fingerprint density at radius 3 is 1.42 bits per heavy atom. The van der Waals surface area contributed by atoms with Crippen LogP contribution in [0.25, 0.3) is 21.8 Å². The minimum Gasteiger partial charge on any atom is -0.497 e. The van der Waals surface area contributed by atoms with Gasteiger partial charge in [0, 0.05) is 65.2 Å². The highest BCUT2D eigenvalue weighted by atomic mass is 19.2. The summed E-state index contributed by atoms with van der Waals surface area (Å²) in [5.41, 5.74) is 3.79. The van der Waals surface area contributed by atoms with Gasteiger partial charge in [-0.3, -0.25) is 19.8 Å². The maximum atomic E-state index is 13.8. The van der Waals surface area contributed by atoms with Crippen molar-refractivity contribution >= 4 is 21.8 Å². The van der Waals surface area contributed by atoms with E-state index < -0.39 is 53.8 Å². The van der Waals surface area contributed by atoms with Gasteiger partial charge in [-0.15, -0.1) is 0 Å². The predicted octanol–water partition coefficient (Wildman–Crippen LogP) is 11.2. The lowest BCUT2D eigenvalue weighted by Gasteiger charge is -2.40. The Labute approximate surface area is 426 Å². The number of ether oxygens (including phenoxy) is 2. The number of nitrogens with zero attached hydrogens (tertiary/aromatic N) is 4. The first-order valence-electron chi connectivity index (χ1n) is 24.7. The summed E-state index contributed by atoms with van der Waals surface area (Å²) in [5.74, 6) is 5.22. The van der Waals surface area contributed by atoms with Crippen molar-refractivity contribution in [2.75, 3.05) is 66.7 Å². The molecular formula is C58H60F8N4O4. The fourth-order valence-corrected chi connectivity index (χ4v) is 10.0. The number of fused-ring (bicyclic) bond motifs is 2. The molecule has 2 aromatic heterocycles. The van der Waals surface area contributed by atoms with Crippen LogP contribution in [-0.4, -0.2) is 96.7 Å². The monoisotopic (exact) mass is 1030 g/mol. The van der Waals surface area contributed by atoms with Gasteiger partial charge in [-0.05, 0) is 161 Å². The summed E-state index contributed by atoms with van der Waals surface area (Å²) in [4.78, 5) is 12.9. The van der Waals surface area contributed by atoms with Crippen LogP contribution in [0.15, 0.2) is 73.1 Å². The van der Waals surface area contributed by atoms with Crippen LogP contribution in [-0.2, 0) is 26.2 Å². The van der Waals surface area contributed by atoms with E-state index in [9.17, 15) is 45.3 Å². The molecule has 2 fully saturated rings. The fourth-order valence-electron chi connectivity index (χ4n) is 10.0. The van der Waals surface area contributed by atoms with Gasteiger partial charge in [0.05, 0.1) is 43.9 Å². The molecule has 2 aliphatic heterocycles. The van der Waals surface area contributed by atoms with Gasteiger partial charge < -0.3 is 19.7 Å². The topological polar surface area (TPSA) is 91.2 Å². The van der Waals surface area contributed by atoms with E-state index in [0.29, 0.717) is 73.8 Å². The number of aliphatic hydroxyl groups is 2. The maximum Gasteiger partial charge on any atom is 0.194 e. The van der Waals surface area contributed by atoms with E-state index >= 15 is 0 Å². The first-order chi connectivity index (χ1) is 35.7. The number of rotatable bonds is 16. The van der Waals surface area contributed by atoms with Gasteiger partial charge in [-0.1, -0.05) is 23.7 Å². The van der Waals surface area contributed by atoms with Crippen molar-refractivity contribution < 1.29 is 54.8 Å². The van der Waals surface area contributed by atoms with Gasteiger partial charge in [0.2, 0.25) is 0 Å². The number of likely N-dealkylation sites (tertiary alicyclic amines) is 2. The minimum atomic E-state index is -1.50. The molecule has 2 aliphatic rings. The van der Waals surface area contributed by atoms with Gasteiger partial charge >= 0.3 is 0 Å². The second kappa shape index (κ2) is 25.8. The van der Waals surface area contributed by atoms with Crippen LogP contribution in [0, 0.1) is 69.4 Å². The molecule has 392 valence electrons. The summed E-state index contributed by atoms with van der Waals surface area (Å²) in [5, 5.41) is 22.2. The van der Waals surface area contributed by atoms with Crippen LogP contribution < -0.4 is 9.47 Å². The molecule has 74 heavy (non-hydrogen) atoms. The lowest BCUT2D eigenvalue weighted by molar-refractivity contribution is 0.0401. The maximum absolute atomic E-state index is 13.8. The largest absolute Gasteiger partial charge is 0.497 e. The zero-order valence-corrected chi connectivity index (χ0v) is 41.6. The van der Waals surface area contributed by atoms with E-state index in [1.54, 1.807) is 26.6 Å². The van der Waals surface area contributed by atoms with Crippen LogP contribution >= 0.6 is 0 Å². The van der Waals surface area contributed by atoms with Gasteiger partial charge in [-0.25, -0.2) is 35.1 Å². The second-order valence-corrected chi connectivity index (χ2v) is 19.2. The normalized spacial score (nSPS) is 15.4. The molecule has 8 rings (SSSR count). The van der Waals surface area contributed by atoms with Crippen molar-refractivity contribution in [3.8, 4) is 35.2 Å². The smallest absolute Gasteiger partial charge is 0.194 e. The van der Waals surface area contributed by atoms with E-state index in [4.69, 9.17) is 9.47 Å². The highest BCUT2D eigenvalue weighted by Gasteiger charge is 2.35. The number of hydrogen-bond donors (Lipinski definition) is 2. The molecule has 4 heterocycles. The first-order valence-corrected chi connectivity index (χ1v) is 24.7. The Bertz CT molecular complexity index is 2970. The van der Waals surface area contributed by atoms with Gasteiger partial charge in [-0.2, -0.15) is 0 Å². The number of methoxy groups -OCH3 is 2. The molecule has 16 heteroatoms. The van der Waals surface area contributed by atoms with Crippen LogP contribution in [0.4, 0.5) is 35.1 Å². The Kier molecular flexibility index (Phi) is 19.3. The van der Waals surface area contributed by atoms with Crippen molar-refractivity contribution in [1.29, 1.82) is 0 Å². The van der Waals surface area contributed by atoms with E-state index in [0.717, 1.165) is 110 Å². The van der Waals surface area contributed by atoms with E-state index in [2.05, 4.69) is 43.4 Å². The SMILES string of the molecule is COc1ccc2ncc(CF)c(CCCC3(CO)CCN(CC#Cc4c(F)cc(F)cc4F)CC3)c2c1.COc1ccc2ncc(CF)c(CCCC3(CO)CCN(CC#Cc4cc(F)c(F)c(F)c4)CC3)c2c1. The molecule has 2 saturated heterocycles. The van der Waals surface area contributed by atoms with Gasteiger partial charge in [0.15, 0.2) is 17.5 Å². The number of alkyl halides is 2. The zero-order valence-electron chi connectivity index (χ0n) is 41.6. The van der Waals surface area contributed by atoms with E-state index in [1.807, 2.05) is 36.4 Å². The number of benzene rings is 4. The highest BCUT2D eigenvalue weighted by Crippen LogP contribution is 2.39. The fraction of sp³-hybridized carbons (Fsp3) is 0.414. The Morgan fingerprint density at radius 1 is 0.581 bits per heavy atom. The molecule has 6 aromatic rings. The van der Waals surface area contributed by atoms with Crippen LogP contribution in [0.3, 0.4) is 0 Å². The van der Waals surface area contributed by atoms with E-state index in [-0.39, 0.29) is 29.6 Å². The summed E-state index contributed by atoms with van der Waals surface area (Å²) in [6.07, 6.45) is 10.8. The number of hydrogen-bond acceptors (Lipinski definition) is 8. The lowest BCUT2D eigenvalue weighted by atomic mass is 9.75.